The molecule has 0 aromatic carbocycles. The minimum Gasteiger partial charge on any atom is -0.0920 e. The molecule has 0 amide bonds. The summed E-state index contributed by atoms with van der Waals surface area (Å²) in [5, 5.41) is 0. The lowest BCUT2D eigenvalue weighted by molar-refractivity contribution is 2.51. The third kappa shape index (κ3) is 30.3. The smallest absolute Gasteiger partial charge is 0.0156 e. The summed E-state index contributed by atoms with van der Waals surface area (Å²) in [6.45, 7) is 0. The molecule has 0 aliphatic heterocycles. The van der Waals surface area contributed by atoms with Gasteiger partial charge in [0.1, 0.15) is 0 Å². The molecular weight excluding hydrogens is 190 g/mol. The zero-order chi connectivity index (χ0) is 6.83. The molecule has 0 aromatic heterocycles. The summed E-state index contributed by atoms with van der Waals surface area (Å²) in [6.07, 6.45) is 0. The average molecular weight is 194 g/mol. The molecule has 0 aliphatic carbocycles. The van der Waals surface area contributed by atoms with Crippen molar-refractivity contribution in [2.24, 2.45) is 0 Å². The van der Waals surface area contributed by atoms with Gasteiger partial charge in [-0.25, -0.2) is 0 Å². The van der Waals surface area contributed by atoms with Crippen molar-refractivity contribution in [3.8, 4) is 0 Å². The molecule has 0 nitrogen and oxygen atoms in total. The lowest BCUT2D eigenvalue weighted by Crippen LogP contribution is -1.11. The Morgan fingerprint density at radius 3 is 0.625 bits per heavy atom. The van der Waals surface area contributed by atoms with E-state index in [0.29, 0.717) is 0 Å². The van der Waals surface area contributed by atoms with Crippen LogP contribution in [0, 0.1) is 0 Å². The third-order valence-electron chi connectivity index (χ3n) is 0.0952. The minimum atomic E-state index is 1.24. The highest BCUT2D eigenvalue weighted by Crippen LogP contribution is 1.79. The topological polar surface area (TPSA) is 0 Å². The molecule has 0 rings (SSSR count). The van der Waals surface area contributed by atoms with Gasteiger partial charge in [0, 0.05) is 22.1 Å². The van der Waals surface area contributed by atoms with Crippen LogP contribution in [-0.4, -0.2) is 0 Å². The van der Waals surface area contributed by atoms with Crippen molar-refractivity contribution in [3.63, 3.8) is 0 Å². The van der Waals surface area contributed by atoms with Crippen LogP contribution in [0.2, 0.25) is 0 Å². The molecule has 0 bridgehead atoms. The fourth-order valence-electron chi connectivity index (χ4n) is 0. The highest BCUT2D eigenvalue weighted by atomic mass is 35.5. The number of hydrogen-bond donors (Lipinski definition) is 0. The van der Waals surface area contributed by atoms with Crippen LogP contribution in [0.25, 0.3) is 0 Å². The quantitative estimate of drug-likeness (QED) is 0.548. The van der Waals surface area contributed by atoms with Crippen LogP contribution >= 0.6 is 46.4 Å². The van der Waals surface area contributed by atoms with Gasteiger partial charge >= 0.3 is 0 Å². The molecule has 0 spiro atoms. The number of halogens is 4. The van der Waals surface area contributed by atoms with Gasteiger partial charge in [-0.3, -0.25) is 0 Å². The SMILES string of the molecule is ClC=CCl.ClC=CCl. The van der Waals surface area contributed by atoms with E-state index in [1.165, 1.54) is 22.1 Å². The van der Waals surface area contributed by atoms with Crippen LogP contribution < -0.4 is 0 Å². The molecule has 0 radical (unpaired) electrons. The lowest BCUT2D eigenvalue weighted by atomic mass is 11.3. The van der Waals surface area contributed by atoms with E-state index in [4.69, 9.17) is 46.4 Å². The van der Waals surface area contributed by atoms with Crippen LogP contribution in [-0.2, 0) is 0 Å². The maximum atomic E-state index is 4.87. The largest absolute Gasteiger partial charge is 0.0920 e. The highest BCUT2D eigenvalue weighted by Gasteiger charge is 1.40. The Morgan fingerprint density at radius 2 is 0.625 bits per heavy atom. The highest BCUT2D eigenvalue weighted by molar-refractivity contribution is 6.33. The van der Waals surface area contributed by atoms with Crippen molar-refractivity contribution in [2.45, 2.75) is 0 Å². The molecule has 0 saturated heterocycles. The summed E-state index contributed by atoms with van der Waals surface area (Å²) in [4.78, 5) is 0. The Balaban J connectivity index is 0. The van der Waals surface area contributed by atoms with Crippen LogP contribution in [0.15, 0.2) is 22.1 Å². The Morgan fingerprint density at radius 1 is 0.500 bits per heavy atom. The van der Waals surface area contributed by atoms with E-state index in [2.05, 4.69) is 0 Å². The maximum Gasteiger partial charge on any atom is 0.0156 e. The second kappa shape index (κ2) is 15.6. The normalized spacial score (nSPS) is 9.50. The van der Waals surface area contributed by atoms with E-state index in [1.807, 2.05) is 0 Å². The molecule has 0 saturated carbocycles. The molecule has 48 valence electrons. The summed E-state index contributed by atoms with van der Waals surface area (Å²) < 4.78 is 0. The fourth-order valence-corrected chi connectivity index (χ4v) is 0. The molecule has 0 fully saturated rings. The monoisotopic (exact) mass is 192 g/mol. The van der Waals surface area contributed by atoms with Crippen LogP contribution in [0.3, 0.4) is 0 Å². The van der Waals surface area contributed by atoms with Crippen molar-refractivity contribution in [2.75, 3.05) is 0 Å². The second-order valence-corrected chi connectivity index (χ2v) is 1.51. The third-order valence-corrected chi connectivity index (χ3v) is 0.857. The Bertz CT molecular complexity index is 48.4. The summed E-state index contributed by atoms with van der Waals surface area (Å²) in [7, 11) is 0. The van der Waals surface area contributed by atoms with Crippen molar-refractivity contribution in [1.82, 2.24) is 0 Å². The Hall–Kier alpha value is 0.640. The molecule has 0 aromatic rings. The van der Waals surface area contributed by atoms with Crippen LogP contribution in [0.1, 0.15) is 0 Å². The average Bonchev–Trinajstić information content (AvgIpc) is 1.88. The standard InChI is InChI=1S/2C2H2Cl2/c2*3-1-2-4/h2*1-2H. The van der Waals surface area contributed by atoms with Gasteiger partial charge < -0.3 is 0 Å². The predicted molar refractivity (Wildman–Crippen MR) is 41.7 cm³/mol. The first-order valence-electron chi connectivity index (χ1n) is 1.54. The minimum absolute atomic E-state index is 1.24. The molecule has 0 aliphatic rings. The second-order valence-electron chi connectivity index (χ2n) is 0.504. The van der Waals surface area contributed by atoms with E-state index in [9.17, 15) is 0 Å². The summed E-state index contributed by atoms with van der Waals surface area (Å²) in [5.41, 5.74) is 4.95. The molecule has 0 N–H and O–H groups in total. The van der Waals surface area contributed by atoms with E-state index in [0.717, 1.165) is 0 Å². The van der Waals surface area contributed by atoms with Gasteiger partial charge in [-0.1, -0.05) is 46.4 Å². The zero-order valence-corrected chi connectivity index (χ0v) is 6.84. The fraction of sp³-hybridized carbons (Fsp3) is 0. The molecule has 4 heteroatoms. The predicted octanol–water partition coefficient (Wildman–Crippen LogP) is 3.87. The molecule has 8 heavy (non-hydrogen) atoms. The van der Waals surface area contributed by atoms with Crippen LogP contribution in [0.5, 0.6) is 0 Å². The number of rotatable bonds is 0. The van der Waals surface area contributed by atoms with Gasteiger partial charge in [-0.15, -0.1) is 0 Å². The van der Waals surface area contributed by atoms with E-state index < -0.39 is 0 Å². The first-order valence-corrected chi connectivity index (χ1v) is 3.29. The Kier molecular flexibility index (Phi) is 22.4. The summed E-state index contributed by atoms with van der Waals surface area (Å²) in [5.74, 6) is 0. The first kappa shape index (κ1) is 11.4. The van der Waals surface area contributed by atoms with Crippen LogP contribution in [0.4, 0.5) is 0 Å². The lowest BCUT2D eigenvalue weighted by Gasteiger charge is -1.44. The van der Waals surface area contributed by atoms with Gasteiger partial charge in [0.25, 0.3) is 0 Å². The number of hydrogen-bond acceptors (Lipinski definition) is 0. The van der Waals surface area contributed by atoms with Crippen molar-refractivity contribution in [3.05, 3.63) is 22.1 Å². The molecule has 0 heterocycles. The summed E-state index contributed by atoms with van der Waals surface area (Å²) in [6, 6.07) is 0. The van der Waals surface area contributed by atoms with Crippen molar-refractivity contribution in [1.29, 1.82) is 0 Å². The molecule has 0 unspecified atom stereocenters. The van der Waals surface area contributed by atoms with E-state index in [-0.39, 0.29) is 0 Å². The van der Waals surface area contributed by atoms with E-state index in [1.54, 1.807) is 0 Å². The first-order chi connectivity index (χ1) is 3.83. The van der Waals surface area contributed by atoms with Gasteiger partial charge in [0.15, 0.2) is 0 Å². The van der Waals surface area contributed by atoms with Gasteiger partial charge in [-0.2, -0.15) is 0 Å². The van der Waals surface area contributed by atoms with Gasteiger partial charge in [-0.05, 0) is 0 Å². The van der Waals surface area contributed by atoms with Crippen molar-refractivity contribution < 1.29 is 0 Å². The molecule has 0 atom stereocenters. The summed E-state index contributed by atoms with van der Waals surface area (Å²) >= 11 is 19.5. The van der Waals surface area contributed by atoms with Crippen molar-refractivity contribution >= 4 is 46.4 Å². The van der Waals surface area contributed by atoms with Gasteiger partial charge in [0.2, 0.25) is 0 Å². The van der Waals surface area contributed by atoms with Gasteiger partial charge in [0.05, 0.1) is 0 Å². The zero-order valence-electron chi connectivity index (χ0n) is 3.82. The maximum absolute atomic E-state index is 4.87. The molecular formula is C4H4Cl4. The Labute approximate surface area is 68.7 Å². The van der Waals surface area contributed by atoms with E-state index >= 15 is 0 Å².